The molecule has 8 atom stereocenters. The Morgan fingerprint density at radius 3 is 2.55 bits per heavy atom. The van der Waals surface area contributed by atoms with E-state index >= 15 is 4.79 Å². The molecule has 5 heterocycles. The molecule has 2 saturated heterocycles. The number of ether oxygens (including phenoxy) is 2. The minimum atomic E-state index is -1.48. The van der Waals surface area contributed by atoms with Crippen LogP contribution < -0.4 is 5.32 Å². The lowest BCUT2D eigenvalue weighted by molar-refractivity contribution is -0.162. The average Bonchev–Trinajstić information content (AvgIpc) is 3.87. The third-order valence-electron chi connectivity index (χ3n) is 10.4. The maximum atomic E-state index is 15.1. The van der Waals surface area contributed by atoms with Crippen molar-refractivity contribution >= 4 is 34.7 Å². The molecule has 268 valence electrons. The molecule has 1 spiro atoms. The van der Waals surface area contributed by atoms with E-state index in [1.165, 1.54) is 4.90 Å². The molecule has 0 saturated carbocycles. The molecule has 2 fully saturated rings. The monoisotopic (exact) mass is 696 g/mol. The third kappa shape index (κ3) is 6.22. The lowest BCUT2D eigenvalue weighted by Gasteiger charge is -2.39. The highest BCUT2D eigenvalue weighted by atomic mass is 16.6. The van der Waals surface area contributed by atoms with Crippen LogP contribution in [0.1, 0.15) is 51.7 Å². The lowest BCUT2D eigenvalue weighted by Crippen LogP contribution is -2.58. The Morgan fingerprint density at radius 1 is 1.02 bits per heavy atom. The first kappa shape index (κ1) is 34.6. The van der Waals surface area contributed by atoms with Crippen molar-refractivity contribution in [3.63, 3.8) is 0 Å². The topological polar surface area (TPSA) is 156 Å². The van der Waals surface area contributed by atoms with Crippen LogP contribution in [-0.2, 0) is 35.3 Å². The van der Waals surface area contributed by atoms with E-state index in [-0.39, 0.29) is 38.1 Å². The largest absolute Gasteiger partial charge is 0.455 e. The summed E-state index contributed by atoms with van der Waals surface area (Å²) < 4.78 is 14.5. The van der Waals surface area contributed by atoms with Gasteiger partial charge < -0.3 is 29.7 Å². The van der Waals surface area contributed by atoms with Gasteiger partial charge in [0.2, 0.25) is 11.8 Å². The quantitative estimate of drug-likeness (QED) is 0.280. The molecule has 13 heteroatoms. The Balaban J connectivity index is 1.33. The predicted molar refractivity (Wildman–Crippen MR) is 185 cm³/mol. The van der Waals surface area contributed by atoms with Crippen LogP contribution in [0.4, 0.5) is 0 Å². The van der Waals surface area contributed by atoms with Gasteiger partial charge in [-0.05, 0) is 43.4 Å². The summed E-state index contributed by atoms with van der Waals surface area (Å²) in [6.45, 7) is 5.52. The van der Waals surface area contributed by atoms with Gasteiger partial charge in [-0.25, -0.2) is 4.68 Å². The molecule has 3 aromatic rings. The number of benzene rings is 2. The Kier molecular flexibility index (Phi) is 9.51. The smallest absolute Gasteiger partial charge is 0.313 e. The molecule has 3 amide bonds. The highest BCUT2D eigenvalue weighted by molar-refractivity contribution is 5.99. The van der Waals surface area contributed by atoms with Crippen LogP contribution in [-0.4, -0.2) is 96.6 Å². The first-order valence-corrected chi connectivity index (χ1v) is 17.7. The molecule has 1 aromatic heterocycles. The Bertz CT molecular complexity index is 1860. The summed E-state index contributed by atoms with van der Waals surface area (Å²) in [6, 6.07) is 14.1. The Morgan fingerprint density at radius 2 is 1.78 bits per heavy atom. The number of amides is 3. The van der Waals surface area contributed by atoms with Crippen LogP contribution in [0.2, 0.25) is 0 Å². The van der Waals surface area contributed by atoms with Crippen molar-refractivity contribution in [3.8, 4) is 0 Å². The van der Waals surface area contributed by atoms with Gasteiger partial charge in [-0.15, -0.1) is 5.10 Å². The van der Waals surface area contributed by atoms with Gasteiger partial charge >= 0.3 is 5.97 Å². The average molecular weight is 697 g/mol. The number of esters is 1. The molecule has 0 unspecified atom stereocenters. The number of aliphatic hydroxyl groups excluding tert-OH is 1. The van der Waals surface area contributed by atoms with Gasteiger partial charge in [-0.1, -0.05) is 85.8 Å². The number of aromatic nitrogens is 3. The molecule has 0 radical (unpaired) electrons. The summed E-state index contributed by atoms with van der Waals surface area (Å²) in [5.74, 6) is -3.78. The van der Waals surface area contributed by atoms with Crippen LogP contribution in [0.15, 0.2) is 78.9 Å². The normalized spacial score (nSPS) is 30.9. The fourth-order valence-electron chi connectivity index (χ4n) is 8.19. The molecule has 51 heavy (non-hydrogen) atoms. The molecule has 2 aromatic carbocycles. The number of carbonyl (C=O) groups excluding carboxylic acids is 4. The van der Waals surface area contributed by atoms with E-state index in [1.807, 2.05) is 80.6 Å². The fraction of sp³-hybridized carbons (Fsp3) is 0.474. The van der Waals surface area contributed by atoms with Gasteiger partial charge in [0, 0.05) is 13.0 Å². The van der Waals surface area contributed by atoms with Crippen molar-refractivity contribution in [2.75, 3.05) is 13.2 Å². The number of hydrogen-bond acceptors (Lipinski definition) is 9. The molecule has 4 aliphatic rings. The number of allylic oxidation sites excluding steroid dienone is 1. The van der Waals surface area contributed by atoms with Crippen molar-refractivity contribution in [2.24, 2.45) is 17.8 Å². The highest BCUT2D eigenvalue weighted by Gasteiger charge is 2.74. The maximum absolute atomic E-state index is 15.1. The van der Waals surface area contributed by atoms with Crippen molar-refractivity contribution in [1.82, 2.24) is 30.1 Å². The number of nitrogens with one attached hydrogen (secondary N) is 1. The van der Waals surface area contributed by atoms with Gasteiger partial charge in [0.1, 0.15) is 35.9 Å². The minimum Gasteiger partial charge on any atom is -0.455 e. The summed E-state index contributed by atoms with van der Waals surface area (Å²) in [5, 5.41) is 22.3. The number of likely N-dealkylation sites (tertiary alicyclic amines) is 1. The van der Waals surface area contributed by atoms with Crippen molar-refractivity contribution < 1.29 is 33.8 Å². The first-order valence-electron chi connectivity index (χ1n) is 17.7. The van der Waals surface area contributed by atoms with E-state index in [2.05, 4.69) is 15.6 Å². The second-order valence-electron chi connectivity index (χ2n) is 14.3. The summed E-state index contributed by atoms with van der Waals surface area (Å²) >= 11 is 0. The summed E-state index contributed by atoms with van der Waals surface area (Å²) in [6.07, 6.45) is 6.51. The van der Waals surface area contributed by atoms with Crippen LogP contribution in [0, 0.1) is 17.8 Å². The van der Waals surface area contributed by atoms with Crippen LogP contribution in [0.5, 0.6) is 0 Å². The van der Waals surface area contributed by atoms with Gasteiger partial charge in [-0.2, -0.15) is 0 Å². The number of fused-ring (bicyclic) bond motifs is 3. The van der Waals surface area contributed by atoms with Gasteiger partial charge in [0.05, 0.1) is 36.2 Å². The lowest BCUT2D eigenvalue weighted by atomic mass is 9.74. The zero-order valence-electron chi connectivity index (χ0n) is 29.0. The van der Waals surface area contributed by atoms with E-state index in [0.717, 1.165) is 5.52 Å². The molecule has 0 aliphatic carbocycles. The molecule has 2 N–H and O–H groups in total. The molecule has 5 bridgehead atoms. The number of aliphatic hydroxyl groups is 1. The van der Waals surface area contributed by atoms with E-state index in [1.54, 1.807) is 28.7 Å². The Labute approximate surface area is 296 Å². The predicted octanol–water partition coefficient (Wildman–Crippen LogP) is 2.91. The van der Waals surface area contributed by atoms with Crippen molar-refractivity contribution in [2.45, 2.75) is 82.6 Å². The number of nitrogens with zero attached hydrogens (tertiary/aromatic N) is 5. The summed E-state index contributed by atoms with van der Waals surface area (Å²) in [5.41, 5.74) is 0.595. The van der Waals surface area contributed by atoms with E-state index < -0.39 is 65.6 Å². The summed E-state index contributed by atoms with van der Waals surface area (Å²) in [4.78, 5) is 60.4. The van der Waals surface area contributed by atoms with E-state index in [9.17, 15) is 19.5 Å². The fourth-order valence-corrected chi connectivity index (χ4v) is 8.19. The maximum Gasteiger partial charge on any atom is 0.313 e. The highest BCUT2D eigenvalue weighted by Crippen LogP contribution is 2.56. The first-order chi connectivity index (χ1) is 24.6. The zero-order valence-corrected chi connectivity index (χ0v) is 29.0. The summed E-state index contributed by atoms with van der Waals surface area (Å²) in [7, 11) is 0. The number of rotatable bonds is 7. The molecular weight excluding hydrogens is 652 g/mol. The van der Waals surface area contributed by atoms with Gasteiger partial charge in [0.25, 0.3) is 5.91 Å². The number of para-hydroxylation sites is 1. The van der Waals surface area contributed by atoms with Crippen LogP contribution in [0.25, 0.3) is 11.0 Å². The van der Waals surface area contributed by atoms with E-state index in [4.69, 9.17) is 9.47 Å². The van der Waals surface area contributed by atoms with Crippen molar-refractivity contribution in [1.29, 1.82) is 0 Å². The van der Waals surface area contributed by atoms with Crippen LogP contribution in [0.3, 0.4) is 0 Å². The van der Waals surface area contributed by atoms with Crippen molar-refractivity contribution in [3.05, 3.63) is 84.5 Å². The minimum absolute atomic E-state index is 0.00626. The molecular formula is C38H44N6O7. The SMILES string of the molecule is CC(C)C[C@H](CO)N1C(=O)[C@H]2[C@@H]3C(=O)O[C@H](c4ccccc4)[C@@H](C)NC(=O)CC/C=C\CN(Cn4nnc5ccccc54)C(=O)[C@H]1[C@@]21C=C[C@@H]3O1. The Hall–Kier alpha value is -4.88. The second kappa shape index (κ2) is 14.0. The molecule has 13 nitrogen and oxygen atoms in total. The molecule has 4 aliphatic heterocycles. The van der Waals surface area contributed by atoms with Crippen LogP contribution >= 0.6 is 0 Å². The number of carbonyl (C=O) groups is 4. The number of hydrogen-bond donors (Lipinski definition) is 2. The van der Waals surface area contributed by atoms with Gasteiger partial charge in [-0.3, -0.25) is 19.2 Å². The third-order valence-corrected chi connectivity index (χ3v) is 10.4. The van der Waals surface area contributed by atoms with Gasteiger partial charge in [0.15, 0.2) is 0 Å². The second-order valence-corrected chi connectivity index (χ2v) is 14.3. The number of cyclic esters (lactones) is 1. The standard InChI is InChI=1S/C38H44N6O7/c1-23(2)20-26(21-45)44-34-36(48)42(22-43-28-15-10-9-14-27(28)40-41-43)19-11-5-8-16-30(46)39-24(3)33(25-12-6-4-7-13-25)50-37(49)31-29-17-18-38(34,51-29)32(31)35(44)47/h4-7,9-15,17-18,23-24,26,29,31-34,45H,8,16,19-22H2,1-3H3,(H,39,46)/b11-5-/t24-,26-,29+,31-,32-,33+,34+,38-/m1/s1. The molecule has 7 rings (SSSR count). The van der Waals surface area contributed by atoms with E-state index in [0.29, 0.717) is 23.9 Å². The zero-order chi connectivity index (χ0) is 35.9.